The first kappa shape index (κ1) is 15.3. The summed E-state index contributed by atoms with van der Waals surface area (Å²) in [4.78, 5) is 2.35. The van der Waals surface area contributed by atoms with Crippen LogP contribution in [0.15, 0.2) is 66.5 Å². The van der Waals surface area contributed by atoms with Gasteiger partial charge in [0.15, 0.2) is 0 Å². The Morgan fingerprint density at radius 3 is 2.61 bits per heavy atom. The first-order valence-corrected chi connectivity index (χ1v) is 8.03. The Balaban J connectivity index is 1.72. The van der Waals surface area contributed by atoms with Crippen LogP contribution in [0, 0.1) is 5.92 Å². The van der Waals surface area contributed by atoms with Gasteiger partial charge in [-0.25, -0.2) is 0 Å². The minimum Gasteiger partial charge on any atom is -0.457 e. The van der Waals surface area contributed by atoms with Gasteiger partial charge in [0.2, 0.25) is 0 Å². The Hall–Kier alpha value is -2.62. The van der Waals surface area contributed by atoms with E-state index in [0.29, 0.717) is 5.92 Å². The first-order chi connectivity index (χ1) is 11.2. The molecule has 0 amide bonds. The highest BCUT2D eigenvalue weighted by Gasteiger charge is 2.17. The molecule has 0 saturated heterocycles. The van der Waals surface area contributed by atoms with E-state index < -0.39 is 0 Å². The van der Waals surface area contributed by atoms with Crippen molar-refractivity contribution in [1.82, 2.24) is 5.32 Å². The molecule has 0 bridgehead atoms. The maximum Gasteiger partial charge on any atom is 0.129 e. The number of ether oxygens (including phenoxy) is 1. The van der Waals surface area contributed by atoms with Gasteiger partial charge in [0.1, 0.15) is 11.5 Å². The van der Waals surface area contributed by atoms with Crippen molar-refractivity contribution in [2.75, 3.05) is 24.5 Å². The van der Waals surface area contributed by atoms with E-state index in [4.69, 9.17) is 10.5 Å². The van der Waals surface area contributed by atoms with Crippen LogP contribution < -0.4 is 20.7 Å². The van der Waals surface area contributed by atoms with Crippen molar-refractivity contribution in [1.29, 1.82) is 0 Å². The molecular formula is C19H23N3O. The zero-order valence-corrected chi connectivity index (χ0v) is 13.4. The van der Waals surface area contributed by atoms with Crippen LogP contribution in [-0.2, 0) is 0 Å². The van der Waals surface area contributed by atoms with Gasteiger partial charge in [0, 0.05) is 37.3 Å². The standard InChI is InChI=1S/C19H23N3O/c1-2-22(14-15-11-19(20)21-13-15)16-7-6-10-18(12-16)23-17-8-4-3-5-9-17/h3-12,15,21H,2,13-14,20H2,1H3/t15-/m0/s1. The number of benzene rings is 2. The van der Waals surface area contributed by atoms with Gasteiger partial charge < -0.3 is 20.7 Å². The lowest BCUT2D eigenvalue weighted by Crippen LogP contribution is -2.30. The minimum atomic E-state index is 0.439. The number of anilines is 1. The summed E-state index contributed by atoms with van der Waals surface area (Å²) in [7, 11) is 0. The fraction of sp³-hybridized carbons (Fsp3) is 0.263. The molecule has 1 aliphatic rings. The van der Waals surface area contributed by atoms with Crippen molar-refractivity contribution in [2.24, 2.45) is 11.7 Å². The molecule has 0 radical (unpaired) electrons. The molecule has 3 rings (SSSR count). The van der Waals surface area contributed by atoms with Crippen LogP contribution in [0.5, 0.6) is 11.5 Å². The highest BCUT2D eigenvalue weighted by molar-refractivity contribution is 5.51. The van der Waals surface area contributed by atoms with Gasteiger partial charge in [-0.2, -0.15) is 0 Å². The van der Waals surface area contributed by atoms with Crippen LogP contribution in [0.25, 0.3) is 0 Å². The second kappa shape index (κ2) is 7.09. The first-order valence-electron chi connectivity index (χ1n) is 8.03. The Morgan fingerprint density at radius 1 is 1.13 bits per heavy atom. The van der Waals surface area contributed by atoms with Crippen LogP contribution >= 0.6 is 0 Å². The van der Waals surface area contributed by atoms with Gasteiger partial charge in [0.05, 0.1) is 5.82 Å². The highest BCUT2D eigenvalue weighted by Crippen LogP contribution is 2.26. The predicted molar refractivity (Wildman–Crippen MR) is 94.6 cm³/mol. The molecule has 3 N–H and O–H groups in total. The Labute approximate surface area is 137 Å². The number of nitrogens with zero attached hydrogens (tertiary/aromatic N) is 1. The van der Waals surface area contributed by atoms with E-state index in [9.17, 15) is 0 Å². The second-order valence-electron chi connectivity index (χ2n) is 5.71. The molecule has 2 aromatic rings. The summed E-state index contributed by atoms with van der Waals surface area (Å²) < 4.78 is 5.93. The molecule has 4 heteroatoms. The summed E-state index contributed by atoms with van der Waals surface area (Å²) in [6, 6.07) is 18.1. The molecule has 0 spiro atoms. The van der Waals surface area contributed by atoms with E-state index in [1.807, 2.05) is 42.5 Å². The van der Waals surface area contributed by atoms with E-state index >= 15 is 0 Å². The van der Waals surface area contributed by atoms with Crippen molar-refractivity contribution < 1.29 is 4.74 Å². The zero-order valence-electron chi connectivity index (χ0n) is 13.4. The number of hydrogen-bond acceptors (Lipinski definition) is 4. The maximum atomic E-state index is 5.93. The molecule has 0 aromatic heterocycles. The van der Waals surface area contributed by atoms with Gasteiger partial charge in [0.25, 0.3) is 0 Å². The summed E-state index contributed by atoms with van der Waals surface area (Å²) in [5.74, 6) is 2.93. The van der Waals surface area contributed by atoms with Gasteiger partial charge >= 0.3 is 0 Å². The fourth-order valence-electron chi connectivity index (χ4n) is 2.81. The van der Waals surface area contributed by atoms with E-state index in [0.717, 1.165) is 37.0 Å². The molecule has 4 nitrogen and oxygen atoms in total. The van der Waals surface area contributed by atoms with Gasteiger partial charge in [-0.1, -0.05) is 24.3 Å². The Kier molecular flexibility index (Phi) is 4.71. The zero-order chi connectivity index (χ0) is 16.1. The number of rotatable bonds is 6. The largest absolute Gasteiger partial charge is 0.457 e. The summed E-state index contributed by atoms with van der Waals surface area (Å²) in [6.07, 6.45) is 2.10. The predicted octanol–water partition coefficient (Wildman–Crippen LogP) is 3.32. The van der Waals surface area contributed by atoms with E-state index in [1.54, 1.807) is 0 Å². The number of nitrogens with two attached hydrogens (primary N) is 1. The SMILES string of the molecule is CCN(C[C@H]1C=C(N)NC1)c1cccc(Oc2ccccc2)c1. The number of para-hydroxylation sites is 1. The van der Waals surface area contributed by atoms with Crippen LogP contribution in [0.4, 0.5) is 5.69 Å². The smallest absolute Gasteiger partial charge is 0.129 e. The van der Waals surface area contributed by atoms with Crippen LogP contribution in [0.3, 0.4) is 0 Å². The third kappa shape index (κ3) is 3.97. The van der Waals surface area contributed by atoms with Crippen molar-refractivity contribution in [2.45, 2.75) is 6.92 Å². The van der Waals surface area contributed by atoms with Gasteiger partial charge in [-0.05, 0) is 37.3 Å². The Bertz CT molecular complexity index is 669. The third-order valence-corrected chi connectivity index (χ3v) is 3.98. The molecule has 23 heavy (non-hydrogen) atoms. The van der Waals surface area contributed by atoms with Gasteiger partial charge in [-0.3, -0.25) is 0 Å². The molecule has 1 heterocycles. The van der Waals surface area contributed by atoms with Gasteiger partial charge in [-0.15, -0.1) is 0 Å². The summed E-state index contributed by atoms with van der Waals surface area (Å²) in [6.45, 7) is 4.96. The van der Waals surface area contributed by atoms with E-state index in [2.05, 4.69) is 35.3 Å². The van der Waals surface area contributed by atoms with E-state index in [1.165, 1.54) is 5.69 Å². The van der Waals surface area contributed by atoms with Crippen LogP contribution in [0.1, 0.15) is 6.92 Å². The molecule has 120 valence electrons. The molecule has 0 aliphatic carbocycles. The number of nitrogens with one attached hydrogen (secondary N) is 1. The molecule has 0 saturated carbocycles. The normalized spacial score (nSPS) is 16.6. The monoisotopic (exact) mass is 309 g/mol. The van der Waals surface area contributed by atoms with Crippen molar-refractivity contribution in [3.05, 3.63) is 66.5 Å². The lowest BCUT2D eigenvalue weighted by atomic mass is 10.1. The van der Waals surface area contributed by atoms with E-state index in [-0.39, 0.29) is 0 Å². The lowest BCUT2D eigenvalue weighted by molar-refractivity contribution is 0.482. The minimum absolute atomic E-state index is 0.439. The molecule has 0 unspecified atom stereocenters. The molecule has 1 atom stereocenters. The Morgan fingerprint density at radius 2 is 1.91 bits per heavy atom. The summed E-state index contributed by atoms with van der Waals surface area (Å²) >= 11 is 0. The average molecular weight is 309 g/mol. The van der Waals surface area contributed by atoms with Crippen molar-refractivity contribution in [3.8, 4) is 11.5 Å². The summed E-state index contributed by atoms with van der Waals surface area (Å²) in [5.41, 5.74) is 6.97. The van der Waals surface area contributed by atoms with Crippen LogP contribution in [0.2, 0.25) is 0 Å². The summed E-state index contributed by atoms with van der Waals surface area (Å²) in [5, 5.41) is 3.18. The molecular weight excluding hydrogens is 286 g/mol. The third-order valence-electron chi connectivity index (χ3n) is 3.98. The van der Waals surface area contributed by atoms with Crippen molar-refractivity contribution >= 4 is 5.69 Å². The highest BCUT2D eigenvalue weighted by atomic mass is 16.5. The van der Waals surface area contributed by atoms with Crippen LogP contribution in [-0.4, -0.2) is 19.6 Å². The molecule has 0 fully saturated rings. The fourth-order valence-corrected chi connectivity index (χ4v) is 2.81. The second-order valence-corrected chi connectivity index (χ2v) is 5.71. The molecule has 1 aliphatic heterocycles. The molecule has 2 aromatic carbocycles. The topological polar surface area (TPSA) is 50.5 Å². The maximum absolute atomic E-state index is 5.93. The lowest BCUT2D eigenvalue weighted by Gasteiger charge is -2.26. The quantitative estimate of drug-likeness (QED) is 0.859. The average Bonchev–Trinajstić information content (AvgIpc) is 2.99. The van der Waals surface area contributed by atoms with Crippen molar-refractivity contribution in [3.63, 3.8) is 0 Å². The number of hydrogen-bond donors (Lipinski definition) is 2.